The minimum atomic E-state index is 0.752. The fourth-order valence-corrected chi connectivity index (χ4v) is 3.20. The normalized spacial score (nSPS) is 11.7. The third-order valence-electron chi connectivity index (χ3n) is 2.62. The van der Waals surface area contributed by atoms with Crippen LogP contribution >= 0.6 is 22.7 Å². The zero-order valence-electron chi connectivity index (χ0n) is 11.9. The summed E-state index contributed by atoms with van der Waals surface area (Å²) in [6.07, 6.45) is 4.73. The highest BCUT2D eigenvalue weighted by Crippen LogP contribution is 2.11. The molecule has 0 unspecified atom stereocenters. The Hall–Kier alpha value is -1.47. The van der Waals surface area contributed by atoms with Crippen molar-refractivity contribution in [2.45, 2.75) is 26.8 Å². The Morgan fingerprint density at radius 3 is 2.65 bits per heavy atom. The van der Waals surface area contributed by atoms with Crippen LogP contribution in [0.2, 0.25) is 0 Å². The van der Waals surface area contributed by atoms with Gasteiger partial charge in [-0.1, -0.05) is 0 Å². The summed E-state index contributed by atoms with van der Waals surface area (Å²) in [6, 6.07) is 0. The van der Waals surface area contributed by atoms with Crippen LogP contribution in [0.3, 0.4) is 0 Å². The van der Waals surface area contributed by atoms with Crippen molar-refractivity contribution in [3.05, 3.63) is 32.2 Å². The van der Waals surface area contributed by atoms with Crippen molar-refractivity contribution in [2.75, 3.05) is 13.6 Å². The maximum atomic E-state index is 4.35. The van der Waals surface area contributed by atoms with Gasteiger partial charge >= 0.3 is 0 Å². The summed E-state index contributed by atoms with van der Waals surface area (Å²) in [6.45, 7) is 5.67. The van der Waals surface area contributed by atoms with E-state index in [0.29, 0.717) is 0 Å². The molecule has 2 heterocycles. The molecule has 5 nitrogen and oxygen atoms in total. The van der Waals surface area contributed by atoms with Crippen molar-refractivity contribution in [3.8, 4) is 0 Å². The smallest absolute Gasteiger partial charge is 0.191 e. The molecular weight excluding hydrogens is 290 g/mol. The van der Waals surface area contributed by atoms with Crippen molar-refractivity contribution >= 4 is 28.6 Å². The Kier molecular flexibility index (Phi) is 5.49. The molecule has 0 aliphatic rings. The number of nitrogens with zero attached hydrogens (tertiary/aromatic N) is 3. The average Bonchev–Trinajstić information content (AvgIpc) is 3.02. The Morgan fingerprint density at radius 2 is 2.05 bits per heavy atom. The first-order chi connectivity index (χ1) is 9.67. The third-order valence-corrected chi connectivity index (χ3v) is 4.51. The van der Waals surface area contributed by atoms with Gasteiger partial charge in [0.2, 0.25) is 0 Å². The van der Waals surface area contributed by atoms with E-state index in [2.05, 4.69) is 32.5 Å². The average molecular weight is 309 g/mol. The molecular formula is C13H19N5S2. The van der Waals surface area contributed by atoms with E-state index in [1.165, 1.54) is 9.75 Å². The number of guanidine groups is 1. The van der Waals surface area contributed by atoms with Crippen LogP contribution in [-0.2, 0) is 13.0 Å². The molecule has 2 rings (SSSR count). The Bertz CT molecular complexity index is 573. The van der Waals surface area contributed by atoms with E-state index < -0.39 is 0 Å². The van der Waals surface area contributed by atoms with Crippen molar-refractivity contribution in [3.63, 3.8) is 0 Å². The Balaban J connectivity index is 1.72. The predicted octanol–water partition coefficient (Wildman–Crippen LogP) is 2.12. The number of rotatable bonds is 5. The number of aliphatic imine (C=N–C) groups is 1. The summed E-state index contributed by atoms with van der Waals surface area (Å²) in [5, 5.41) is 8.82. The van der Waals surface area contributed by atoms with E-state index in [-0.39, 0.29) is 0 Å². The SMILES string of the molecule is CN=C(NCCc1ncc(C)s1)NCc1cnc(C)s1. The van der Waals surface area contributed by atoms with E-state index in [0.717, 1.165) is 35.5 Å². The first kappa shape index (κ1) is 14.9. The van der Waals surface area contributed by atoms with Gasteiger partial charge in [0.25, 0.3) is 0 Å². The van der Waals surface area contributed by atoms with Crippen molar-refractivity contribution < 1.29 is 0 Å². The maximum absolute atomic E-state index is 4.35. The molecule has 108 valence electrons. The second-order valence-corrected chi connectivity index (χ2v) is 6.95. The molecule has 0 aliphatic heterocycles. The summed E-state index contributed by atoms with van der Waals surface area (Å²) in [7, 11) is 1.78. The quantitative estimate of drug-likeness (QED) is 0.656. The highest BCUT2D eigenvalue weighted by atomic mass is 32.1. The van der Waals surface area contributed by atoms with E-state index in [1.54, 1.807) is 29.7 Å². The van der Waals surface area contributed by atoms with Gasteiger partial charge in [-0.3, -0.25) is 4.99 Å². The van der Waals surface area contributed by atoms with Crippen LogP contribution in [0.15, 0.2) is 17.4 Å². The van der Waals surface area contributed by atoms with E-state index in [1.807, 2.05) is 19.3 Å². The number of hydrogen-bond acceptors (Lipinski definition) is 5. The molecule has 20 heavy (non-hydrogen) atoms. The monoisotopic (exact) mass is 309 g/mol. The zero-order chi connectivity index (χ0) is 14.4. The van der Waals surface area contributed by atoms with Crippen LogP contribution < -0.4 is 10.6 Å². The molecule has 0 amide bonds. The Labute approximate surface area is 127 Å². The van der Waals surface area contributed by atoms with E-state index in [4.69, 9.17) is 0 Å². The Morgan fingerprint density at radius 1 is 1.20 bits per heavy atom. The lowest BCUT2D eigenvalue weighted by molar-refractivity contribution is 0.795. The molecule has 2 N–H and O–H groups in total. The summed E-state index contributed by atoms with van der Waals surface area (Å²) in [4.78, 5) is 15.3. The fraction of sp³-hybridized carbons (Fsp3) is 0.462. The van der Waals surface area contributed by atoms with Crippen LogP contribution in [0.1, 0.15) is 19.8 Å². The van der Waals surface area contributed by atoms with Gasteiger partial charge in [0.1, 0.15) is 0 Å². The summed E-state index contributed by atoms with van der Waals surface area (Å²) < 4.78 is 0. The van der Waals surface area contributed by atoms with Gasteiger partial charge in [0.15, 0.2) is 5.96 Å². The summed E-state index contributed by atoms with van der Waals surface area (Å²) in [5.41, 5.74) is 0. The first-order valence-electron chi connectivity index (χ1n) is 6.44. The molecule has 7 heteroatoms. The summed E-state index contributed by atoms with van der Waals surface area (Å²) >= 11 is 3.44. The van der Waals surface area contributed by atoms with Crippen LogP contribution in [-0.4, -0.2) is 29.5 Å². The molecule has 0 bridgehead atoms. The molecule has 2 aromatic heterocycles. The highest BCUT2D eigenvalue weighted by Gasteiger charge is 2.02. The molecule has 0 saturated carbocycles. The van der Waals surface area contributed by atoms with Gasteiger partial charge in [-0.15, -0.1) is 22.7 Å². The minimum absolute atomic E-state index is 0.752. The largest absolute Gasteiger partial charge is 0.356 e. The standard InChI is InChI=1S/C13H19N5S2/c1-9-6-17-12(19-9)4-5-15-13(14-3)18-8-11-7-16-10(2)20-11/h6-7H,4-5,8H2,1-3H3,(H2,14,15,18). The number of aryl methyl sites for hydroxylation is 2. The molecule has 2 aromatic rings. The lowest BCUT2D eigenvalue weighted by Gasteiger charge is -2.10. The van der Waals surface area contributed by atoms with Gasteiger partial charge in [-0.2, -0.15) is 0 Å². The van der Waals surface area contributed by atoms with Crippen molar-refractivity contribution in [1.29, 1.82) is 0 Å². The third kappa shape index (κ3) is 4.57. The number of thiazole rings is 2. The topological polar surface area (TPSA) is 62.2 Å². The number of hydrogen-bond donors (Lipinski definition) is 2. The minimum Gasteiger partial charge on any atom is -0.356 e. The van der Waals surface area contributed by atoms with Crippen LogP contribution in [0.25, 0.3) is 0 Å². The molecule has 0 aliphatic carbocycles. The first-order valence-corrected chi connectivity index (χ1v) is 8.08. The number of aromatic nitrogens is 2. The van der Waals surface area contributed by atoms with Crippen LogP contribution in [0.5, 0.6) is 0 Å². The molecule has 0 atom stereocenters. The van der Waals surface area contributed by atoms with Gasteiger partial charge in [0.05, 0.1) is 16.6 Å². The lowest BCUT2D eigenvalue weighted by Crippen LogP contribution is -2.37. The van der Waals surface area contributed by atoms with E-state index >= 15 is 0 Å². The van der Waals surface area contributed by atoms with Crippen molar-refractivity contribution in [1.82, 2.24) is 20.6 Å². The molecule has 0 saturated heterocycles. The second-order valence-electron chi connectivity index (χ2n) is 4.31. The van der Waals surface area contributed by atoms with Gasteiger partial charge in [-0.25, -0.2) is 9.97 Å². The second kappa shape index (κ2) is 7.35. The molecule has 0 fully saturated rings. The molecule has 0 spiro atoms. The molecule has 0 aromatic carbocycles. The maximum Gasteiger partial charge on any atom is 0.191 e. The fourth-order valence-electron chi connectivity index (χ4n) is 1.68. The van der Waals surface area contributed by atoms with Gasteiger partial charge < -0.3 is 10.6 Å². The van der Waals surface area contributed by atoms with Gasteiger partial charge in [-0.05, 0) is 13.8 Å². The zero-order valence-corrected chi connectivity index (χ0v) is 13.6. The van der Waals surface area contributed by atoms with Gasteiger partial charge in [0, 0.05) is 42.2 Å². The highest BCUT2D eigenvalue weighted by molar-refractivity contribution is 7.11. The van der Waals surface area contributed by atoms with Crippen LogP contribution in [0, 0.1) is 13.8 Å². The van der Waals surface area contributed by atoms with Crippen molar-refractivity contribution in [2.24, 2.45) is 4.99 Å². The predicted molar refractivity (Wildman–Crippen MR) is 85.6 cm³/mol. The van der Waals surface area contributed by atoms with Crippen LogP contribution in [0.4, 0.5) is 0 Å². The summed E-state index contributed by atoms with van der Waals surface area (Å²) in [5.74, 6) is 0.810. The lowest BCUT2D eigenvalue weighted by atomic mass is 10.4. The van der Waals surface area contributed by atoms with E-state index in [9.17, 15) is 0 Å². The molecule has 0 radical (unpaired) electrons. The number of nitrogens with one attached hydrogen (secondary N) is 2.